The van der Waals surface area contributed by atoms with E-state index in [2.05, 4.69) is 32.0 Å². The molecule has 0 aliphatic carbocycles. The molecule has 0 saturated heterocycles. The molecule has 0 aliphatic rings. The van der Waals surface area contributed by atoms with Crippen LogP contribution in [0.1, 0.15) is 62.7 Å². The topological polar surface area (TPSA) is 242 Å². The van der Waals surface area contributed by atoms with Crippen molar-refractivity contribution in [2.45, 2.75) is 51.3 Å². The van der Waals surface area contributed by atoms with Crippen molar-refractivity contribution < 1.29 is 35.5 Å². The van der Waals surface area contributed by atoms with Gasteiger partial charge in [0.2, 0.25) is 5.91 Å². The summed E-state index contributed by atoms with van der Waals surface area (Å²) in [7, 11) is -9.20. The van der Waals surface area contributed by atoms with Gasteiger partial charge in [-0.05, 0) is 61.9 Å². The summed E-state index contributed by atoms with van der Waals surface area (Å²) in [5.74, 6) is -1.77. The Labute approximate surface area is 322 Å². The van der Waals surface area contributed by atoms with E-state index in [1.54, 1.807) is 18.2 Å². The summed E-state index contributed by atoms with van der Waals surface area (Å²) in [5, 5.41) is 28.9. The molecule has 0 aliphatic heterocycles. The molecule has 2 amide bonds. The maximum absolute atomic E-state index is 13.0. The molecule has 0 unspecified atom stereocenters. The number of azo groups is 1. The van der Waals surface area contributed by atoms with Crippen LogP contribution in [0.2, 0.25) is 10.0 Å². The van der Waals surface area contributed by atoms with Crippen LogP contribution >= 0.6 is 23.2 Å². The van der Waals surface area contributed by atoms with Crippen LogP contribution in [0.25, 0.3) is 5.69 Å². The fourth-order valence-corrected chi connectivity index (χ4v) is 6.87. The number of nitrogens with zero attached hydrogens (tertiary/aromatic N) is 6. The third-order valence-corrected chi connectivity index (χ3v) is 9.86. The van der Waals surface area contributed by atoms with Gasteiger partial charge in [-0.3, -0.25) is 9.59 Å². The largest absolute Gasteiger partial charge is 0.748 e. The zero-order valence-corrected chi connectivity index (χ0v) is 32.7. The van der Waals surface area contributed by atoms with Gasteiger partial charge in [-0.2, -0.15) is 10.4 Å². The lowest BCUT2D eigenvalue weighted by atomic mass is 9.90. The lowest BCUT2D eigenvalue weighted by Gasteiger charge is -2.24. The minimum atomic E-state index is -4.81. The van der Waals surface area contributed by atoms with Crippen molar-refractivity contribution in [3.05, 3.63) is 81.5 Å². The van der Waals surface area contributed by atoms with Gasteiger partial charge in [0.15, 0.2) is 5.82 Å². The van der Waals surface area contributed by atoms with E-state index in [1.165, 1.54) is 35.9 Å². The third kappa shape index (κ3) is 10.4. The van der Waals surface area contributed by atoms with Gasteiger partial charge in [-0.25, -0.2) is 21.5 Å². The third-order valence-electron chi connectivity index (χ3n) is 7.67. The lowest BCUT2D eigenvalue weighted by Crippen LogP contribution is -2.25. The quantitative estimate of drug-likeness (QED) is 0.107. The van der Waals surface area contributed by atoms with Gasteiger partial charge in [0, 0.05) is 48.1 Å². The number of amides is 2. The van der Waals surface area contributed by atoms with Crippen molar-refractivity contribution in [3.8, 4) is 11.8 Å². The summed E-state index contributed by atoms with van der Waals surface area (Å²) in [4.78, 5) is 26.4. The second-order valence-corrected chi connectivity index (χ2v) is 16.5. The standard InChI is InChI=1S/C34H36Cl2N8O8S2/c1-6-43(13-8-14-53(47,48)49)23-11-12-28(29(18-23)38-20(2)45)40-41-32-25(19-37)31(34(3,4)5)42-44(32)30-26(35)16-22(17-27(30)36)39-33(46)21-9-7-10-24(15-21)54(50,51)52/h7,9-12,15-18H,6,8,13-14H2,1-5H3,(H,38,45)(H,39,46)(H,47,48,49)(H,50,51,52)/p-2. The van der Waals surface area contributed by atoms with Gasteiger partial charge in [0.1, 0.15) is 33.1 Å². The van der Waals surface area contributed by atoms with E-state index < -0.39 is 48.1 Å². The second kappa shape index (κ2) is 16.6. The Bertz CT molecular complexity index is 2380. The van der Waals surface area contributed by atoms with E-state index in [0.717, 1.165) is 12.1 Å². The molecule has 0 atom stereocenters. The lowest BCUT2D eigenvalue weighted by molar-refractivity contribution is -0.114. The highest BCUT2D eigenvalue weighted by atomic mass is 35.5. The molecule has 4 aromatic rings. The molecule has 0 bridgehead atoms. The first kappa shape index (κ1) is 41.9. The summed E-state index contributed by atoms with van der Waals surface area (Å²) >= 11 is 13.4. The fourth-order valence-electron chi connectivity index (χ4n) is 5.22. The van der Waals surface area contributed by atoms with Crippen LogP contribution in [0, 0.1) is 11.3 Å². The van der Waals surface area contributed by atoms with Gasteiger partial charge in [0.05, 0.1) is 36.4 Å². The Balaban J connectivity index is 1.78. The average molecular weight is 818 g/mol. The Kier molecular flexibility index (Phi) is 12.9. The summed E-state index contributed by atoms with van der Waals surface area (Å²) in [6, 6.07) is 14.2. The molecule has 0 spiro atoms. The van der Waals surface area contributed by atoms with E-state index in [0.29, 0.717) is 17.9 Å². The van der Waals surface area contributed by atoms with Gasteiger partial charge in [-0.15, -0.1) is 10.2 Å². The summed E-state index contributed by atoms with van der Waals surface area (Å²) in [6.07, 6.45) is 0.0922. The van der Waals surface area contributed by atoms with Crippen molar-refractivity contribution >= 4 is 83.8 Å². The number of aromatic nitrogens is 2. The van der Waals surface area contributed by atoms with E-state index in [-0.39, 0.29) is 62.7 Å². The highest BCUT2D eigenvalue weighted by Crippen LogP contribution is 2.40. The molecule has 1 heterocycles. The van der Waals surface area contributed by atoms with Crippen molar-refractivity contribution in [2.24, 2.45) is 10.2 Å². The molecule has 4 rings (SSSR count). The van der Waals surface area contributed by atoms with Crippen LogP contribution in [-0.2, 0) is 30.4 Å². The number of benzene rings is 3. The van der Waals surface area contributed by atoms with E-state index in [9.17, 15) is 40.8 Å². The fraction of sp³-hybridized carbons (Fsp3) is 0.294. The highest BCUT2D eigenvalue weighted by molar-refractivity contribution is 7.86. The number of nitriles is 1. The number of hydrogen-bond donors (Lipinski definition) is 2. The molecule has 0 radical (unpaired) electrons. The molecule has 54 heavy (non-hydrogen) atoms. The molecule has 3 aromatic carbocycles. The van der Waals surface area contributed by atoms with Crippen molar-refractivity contribution in [3.63, 3.8) is 0 Å². The summed E-state index contributed by atoms with van der Waals surface area (Å²) < 4.78 is 68.9. The molecular weight excluding hydrogens is 783 g/mol. The zero-order chi connectivity index (χ0) is 40.2. The van der Waals surface area contributed by atoms with E-state index in [1.807, 2.05) is 32.6 Å². The second-order valence-electron chi connectivity index (χ2n) is 12.8. The normalized spacial score (nSPS) is 12.1. The number of rotatable bonds is 13. The first-order valence-corrected chi connectivity index (χ1v) is 19.8. The Morgan fingerprint density at radius 1 is 1.00 bits per heavy atom. The number of anilines is 3. The molecule has 2 N–H and O–H groups in total. The SMILES string of the molecule is CCN(CCCS(=O)(=O)[O-])c1ccc(N=Nc2c(C#N)c(C(C)(C)C)nn2-c2c(Cl)cc(NC(=O)c3cccc(S(=O)(=O)[O-])c3)cc2Cl)c(NC(C)=O)c1. The Morgan fingerprint density at radius 3 is 2.22 bits per heavy atom. The molecule has 286 valence electrons. The van der Waals surface area contributed by atoms with Crippen LogP contribution < -0.4 is 15.5 Å². The molecule has 16 nitrogen and oxygen atoms in total. The number of hydrogen-bond acceptors (Lipinski definition) is 13. The van der Waals surface area contributed by atoms with Gasteiger partial charge in [0.25, 0.3) is 5.91 Å². The summed E-state index contributed by atoms with van der Waals surface area (Å²) in [6.45, 7) is 9.34. The Morgan fingerprint density at radius 2 is 1.67 bits per heavy atom. The number of carbonyl (C=O) groups is 2. The van der Waals surface area contributed by atoms with Gasteiger partial charge < -0.3 is 24.6 Å². The van der Waals surface area contributed by atoms with E-state index >= 15 is 0 Å². The van der Waals surface area contributed by atoms with E-state index in [4.69, 9.17) is 23.2 Å². The van der Waals surface area contributed by atoms with Crippen LogP contribution in [0.5, 0.6) is 0 Å². The minimum absolute atomic E-state index is 0.0367. The van der Waals surface area contributed by atoms with Crippen molar-refractivity contribution in [1.82, 2.24) is 9.78 Å². The monoisotopic (exact) mass is 816 g/mol. The minimum Gasteiger partial charge on any atom is -0.748 e. The number of halogens is 2. The number of carbonyl (C=O) groups excluding carboxylic acids is 2. The van der Waals surface area contributed by atoms with Crippen molar-refractivity contribution in [1.29, 1.82) is 5.26 Å². The molecule has 0 fully saturated rings. The maximum Gasteiger partial charge on any atom is 0.255 e. The first-order valence-electron chi connectivity index (χ1n) is 16.0. The number of nitrogens with one attached hydrogen (secondary N) is 2. The molecule has 1 aromatic heterocycles. The first-order chi connectivity index (χ1) is 25.1. The van der Waals surface area contributed by atoms with Crippen LogP contribution in [0.4, 0.5) is 28.6 Å². The summed E-state index contributed by atoms with van der Waals surface area (Å²) in [5.41, 5.74) is 0.798. The molecule has 0 saturated carbocycles. The highest BCUT2D eigenvalue weighted by Gasteiger charge is 2.30. The predicted molar refractivity (Wildman–Crippen MR) is 201 cm³/mol. The van der Waals surface area contributed by atoms with Crippen LogP contribution in [0.15, 0.2) is 69.7 Å². The molecular formula is C34H34Cl2N8O8S2-2. The van der Waals surface area contributed by atoms with Crippen molar-refractivity contribution in [2.75, 3.05) is 34.4 Å². The van der Waals surface area contributed by atoms with Gasteiger partial charge >= 0.3 is 0 Å². The average Bonchev–Trinajstić information content (AvgIpc) is 3.43. The van der Waals surface area contributed by atoms with Crippen LogP contribution in [-0.4, -0.2) is 66.4 Å². The molecule has 20 heteroatoms. The smallest absolute Gasteiger partial charge is 0.255 e. The predicted octanol–water partition coefficient (Wildman–Crippen LogP) is 6.64. The maximum atomic E-state index is 13.0. The zero-order valence-electron chi connectivity index (χ0n) is 29.5. The Hall–Kier alpha value is -4.90. The van der Waals surface area contributed by atoms with Crippen LogP contribution in [0.3, 0.4) is 0 Å². The van der Waals surface area contributed by atoms with Gasteiger partial charge in [-0.1, -0.05) is 50.0 Å².